The van der Waals surface area contributed by atoms with Crippen molar-refractivity contribution in [3.8, 4) is 0 Å². The van der Waals surface area contributed by atoms with Crippen molar-refractivity contribution in [1.82, 2.24) is 10.2 Å². The van der Waals surface area contributed by atoms with Crippen molar-refractivity contribution in [3.05, 3.63) is 34.3 Å². The smallest absolute Gasteiger partial charge is 0.233 e. The van der Waals surface area contributed by atoms with Gasteiger partial charge in [0.15, 0.2) is 0 Å². The number of likely N-dealkylation sites (tertiary alicyclic amines) is 1. The lowest BCUT2D eigenvalue weighted by Gasteiger charge is -2.19. The fourth-order valence-electron chi connectivity index (χ4n) is 3.81. The Labute approximate surface area is 156 Å². The van der Waals surface area contributed by atoms with Crippen LogP contribution >= 0.6 is 15.9 Å². The zero-order valence-electron chi connectivity index (χ0n) is 14.3. The molecule has 6 heteroatoms. The van der Waals surface area contributed by atoms with Gasteiger partial charge in [0.05, 0.1) is 17.9 Å². The molecule has 2 aliphatic rings. The molecule has 1 aliphatic heterocycles. The van der Waals surface area contributed by atoms with Gasteiger partial charge in [0.25, 0.3) is 0 Å². The number of nitrogens with zero attached hydrogens (tertiary/aromatic N) is 1. The predicted molar refractivity (Wildman–Crippen MR) is 97.5 cm³/mol. The minimum Gasteiger partial charge on any atom is -0.350 e. The standard InChI is InChI=1S/C19H23BrN2O3/c1-12(13-6-8-14(20)9-7-13)21-17(23)10-11-22-18(24)15-4-2-3-5-16(15)19(22)25/h6-9,12,15-16H,2-5,10-11H2,1H3,(H,21,23)/t12-,15-,16+/m1/s1. The van der Waals surface area contributed by atoms with Gasteiger partial charge in [0, 0.05) is 17.4 Å². The van der Waals surface area contributed by atoms with Crippen molar-refractivity contribution in [2.24, 2.45) is 11.8 Å². The number of amides is 3. The lowest BCUT2D eigenvalue weighted by Crippen LogP contribution is -2.36. The number of rotatable bonds is 5. The number of halogens is 1. The average molecular weight is 407 g/mol. The lowest BCUT2D eigenvalue weighted by molar-refractivity contribution is -0.140. The SMILES string of the molecule is C[C@@H](NC(=O)CCN1C(=O)[C@H]2CCCC[C@H]2C1=O)c1ccc(Br)cc1. The maximum Gasteiger partial charge on any atom is 0.233 e. The van der Waals surface area contributed by atoms with Gasteiger partial charge in [0.1, 0.15) is 0 Å². The molecule has 1 saturated carbocycles. The number of nitrogens with one attached hydrogen (secondary N) is 1. The third-order valence-electron chi connectivity index (χ3n) is 5.24. The van der Waals surface area contributed by atoms with Crippen LogP contribution in [0.2, 0.25) is 0 Å². The highest BCUT2D eigenvalue weighted by Crippen LogP contribution is 2.37. The van der Waals surface area contributed by atoms with Gasteiger partial charge in [-0.1, -0.05) is 40.9 Å². The Bertz CT molecular complexity index is 650. The summed E-state index contributed by atoms with van der Waals surface area (Å²) in [5.74, 6) is -0.602. The molecule has 1 saturated heterocycles. The normalized spacial score (nSPS) is 24.2. The fourth-order valence-corrected chi connectivity index (χ4v) is 4.08. The molecular weight excluding hydrogens is 384 g/mol. The van der Waals surface area contributed by atoms with Gasteiger partial charge in [-0.25, -0.2) is 0 Å². The van der Waals surface area contributed by atoms with Crippen LogP contribution in [0.1, 0.15) is 50.6 Å². The van der Waals surface area contributed by atoms with E-state index in [0.29, 0.717) is 0 Å². The lowest BCUT2D eigenvalue weighted by atomic mass is 9.81. The Kier molecular flexibility index (Phi) is 5.57. The van der Waals surface area contributed by atoms with Gasteiger partial charge in [-0.15, -0.1) is 0 Å². The summed E-state index contributed by atoms with van der Waals surface area (Å²) >= 11 is 3.39. The summed E-state index contributed by atoms with van der Waals surface area (Å²) in [6.45, 7) is 2.10. The number of imide groups is 1. The first kappa shape index (κ1) is 18.1. The van der Waals surface area contributed by atoms with Gasteiger partial charge in [0.2, 0.25) is 17.7 Å². The maximum atomic E-state index is 12.4. The largest absolute Gasteiger partial charge is 0.350 e. The molecule has 3 rings (SSSR count). The minimum atomic E-state index is -0.147. The summed E-state index contributed by atoms with van der Waals surface area (Å²) in [5.41, 5.74) is 1.01. The van der Waals surface area contributed by atoms with Crippen LogP contribution in [0.15, 0.2) is 28.7 Å². The quantitative estimate of drug-likeness (QED) is 0.763. The Hall–Kier alpha value is -1.69. The van der Waals surface area contributed by atoms with Crippen LogP contribution in [0.25, 0.3) is 0 Å². The van der Waals surface area contributed by atoms with Crippen LogP contribution in [-0.4, -0.2) is 29.2 Å². The second-order valence-corrected chi connectivity index (χ2v) is 7.83. The van der Waals surface area contributed by atoms with Crippen molar-refractivity contribution in [2.75, 3.05) is 6.54 Å². The maximum absolute atomic E-state index is 12.4. The molecule has 25 heavy (non-hydrogen) atoms. The zero-order valence-corrected chi connectivity index (χ0v) is 15.9. The van der Waals surface area contributed by atoms with Gasteiger partial charge in [-0.2, -0.15) is 0 Å². The summed E-state index contributed by atoms with van der Waals surface area (Å²) in [5, 5.41) is 2.93. The van der Waals surface area contributed by atoms with Gasteiger partial charge in [-0.05, 0) is 37.5 Å². The van der Waals surface area contributed by atoms with Crippen LogP contribution in [-0.2, 0) is 14.4 Å². The Morgan fingerprint density at radius 1 is 1.16 bits per heavy atom. The molecule has 0 spiro atoms. The first-order valence-corrected chi connectivity index (χ1v) is 9.66. The highest BCUT2D eigenvalue weighted by atomic mass is 79.9. The van der Waals surface area contributed by atoms with E-state index < -0.39 is 0 Å². The minimum absolute atomic E-state index is 0.0801. The molecule has 5 nitrogen and oxygen atoms in total. The molecule has 1 aromatic rings. The summed E-state index contributed by atoms with van der Waals surface area (Å²) < 4.78 is 0.988. The molecule has 0 radical (unpaired) electrons. The van der Waals surface area contributed by atoms with E-state index in [0.717, 1.165) is 35.7 Å². The topological polar surface area (TPSA) is 66.5 Å². The van der Waals surface area contributed by atoms with Gasteiger partial charge >= 0.3 is 0 Å². The highest BCUT2D eigenvalue weighted by Gasteiger charge is 2.47. The molecule has 1 aromatic carbocycles. The second-order valence-electron chi connectivity index (χ2n) is 6.92. The number of carbonyl (C=O) groups excluding carboxylic acids is 3. The Morgan fingerprint density at radius 2 is 1.72 bits per heavy atom. The summed E-state index contributed by atoms with van der Waals surface area (Å²) in [6, 6.07) is 7.65. The molecule has 0 bridgehead atoms. The number of hydrogen-bond donors (Lipinski definition) is 1. The third kappa shape index (κ3) is 3.94. The van der Waals surface area contributed by atoms with E-state index in [1.807, 2.05) is 31.2 Å². The molecule has 2 fully saturated rings. The van der Waals surface area contributed by atoms with Crippen LogP contribution < -0.4 is 5.32 Å². The number of fused-ring (bicyclic) bond motifs is 1. The number of hydrogen-bond acceptors (Lipinski definition) is 3. The molecule has 3 atom stereocenters. The summed E-state index contributed by atoms with van der Waals surface area (Å²) in [6.07, 6.45) is 3.79. The van der Waals surface area contributed by atoms with E-state index >= 15 is 0 Å². The molecule has 134 valence electrons. The van der Waals surface area contributed by atoms with Crippen molar-refractivity contribution < 1.29 is 14.4 Å². The van der Waals surface area contributed by atoms with E-state index in [9.17, 15) is 14.4 Å². The highest BCUT2D eigenvalue weighted by molar-refractivity contribution is 9.10. The Morgan fingerprint density at radius 3 is 2.28 bits per heavy atom. The van der Waals surface area contributed by atoms with E-state index in [2.05, 4.69) is 21.2 Å². The fraction of sp³-hybridized carbons (Fsp3) is 0.526. The van der Waals surface area contributed by atoms with Crippen LogP contribution in [0.5, 0.6) is 0 Å². The number of carbonyl (C=O) groups is 3. The number of benzene rings is 1. The van der Waals surface area contributed by atoms with Gasteiger partial charge < -0.3 is 5.32 Å². The van der Waals surface area contributed by atoms with E-state index in [-0.39, 0.29) is 48.6 Å². The first-order valence-electron chi connectivity index (χ1n) is 8.87. The van der Waals surface area contributed by atoms with Crippen LogP contribution in [0.3, 0.4) is 0 Å². The van der Waals surface area contributed by atoms with E-state index in [1.165, 1.54) is 4.90 Å². The van der Waals surface area contributed by atoms with Gasteiger partial charge in [-0.3, -0.25) is 19.3 Å². The van der Waals surface area contributed by atoms with Crippen LogP contribution in [0.4, 0.5) is 0 Å². The predicted octanol–water partition coefficient (Wildman–Crippen LogP) is 3.19. The first-order chi connectivity index (χ1) is 12.0. The second kappa shape index (κ2) is 7.68. The molecule has 1 heterocycles. The van der Waals surface area contributed by atoms with Crippen LogP contribution in [0, 0.1) is 11.8 Å². The molecule has 3 amide bonds. The molecule has 1 N–H and O–H groups in total. The molecule has 0 aromatic heterocycles. The Balaban J connectivity index is 1.52. The molecule has 0 unspecified atom stereocenters. The molecule has 1 aliphatic carbocycles. The van der Waals surface area contributed by atoms with E-state index in [4.69, 9.17) is 0 Å². The summed E-state index contributed by atoms with van der Waals surface area (Å²) in [4.78, 5) is 38.3. The molecular formula is C19H23BrN2O3. The monoisotopic (exact) mass is 406 g/mol. The average Bonchev–Trinajstić information content (AvgIpc) is 2.85. The van der Waals surface area contributed by atoms with Crippen molar-refractivity contribution in [3.63, 3.8) is 0 Å². The van der Waals surface area contributed by atoms with Crippen molar-refractivity contribution >= 4 is 33.7 Å². The van der Waals surface area contributed by atoms with Crippen molar-refractivity contribution in [2.45, 2.75) is 45.1 Å². The van der Waals surface area contributed by atoms with Crippen molar-refractivity contribution in [1.29, 1.82) is 0 Å². The van der Waals surface area contributed by atoms with E-state index in [1.54, 1.807) is 0 Å². The zero-order chi connectivity index (χ0) is 18.0. The third-order valence-corrected chi connectivity index (χ3v) is 5.77. The summed E-state index contributed by atoms with van der Waals surface area (Å²) in [7, 11) is 0.